The molecule has 0 bridgehead atoms. The predicted octanol–water partition coefficient (Wildman–Crippen LogP) is 4.30. The van der Waals surface area contributed by atoms with E-state index in [1.54, 1.807) is 0 Å². The fourth-order valence-corrected chi connectivity index (χ4v) is 4.44. The number of halogens is 1. The van der Waals surface area contributed by atoms with Crippen molar-refractivity contribution in [3.8, 4) is 0 Å². The van der Waals surface area contributed by atoms with E-state index in [0.717, 1.165) is 23.8 Å². The highest BCUT2D eigenvalue weighted by atomic mass is 35.5. The third kappa shape index (κ3) is 3.73. The Labute approximate surface area is 153 Å². The molecule has 1 aliphatic heterocycles. The fraction of sp³-hybridized carbons (Fsp3) is 0.500. The third-order valence-corrected chi connectivity index (χ3v) is 6.52. The molecule has 0 aliphatic carbocycles. The van der Waals surface area contributed by atoms with Gasteiger partial charge in [-0.3, -0.25) is 4.68 Å². The van der Waals surface area contributed by atoms with E-state index in [9.17, 15) is 0 Å². The first-order valence-corrected chi connectivity index (χ1v) is 9.52. The van der Waals surface area contributed by atoms with Crippen LogP contribution < -0.4 is 4.90 Å². The summed E-state index contributed by atoms with van der Waals surface area (Å²) >= 11 is 7.85. The smallest absolute Gasteiger partial charge is 0.0745 e. The normalized spacial score (nSPS) is 16.5. The van der Waals surface area contributed by atoms with Gasteiger partial charge in [-0.25, -0.2) is 4.31 Å². The first-order valence-electron chi connectivity index (χ1n) is 8.37. The van der Waals surface area contributed by atoms with Crippen molar-refractivity contribution in [1.29, 1.82) is 0 Å². The first kappa shape index (κ1) is 17.6. The fourth-order valence-electron chi connectivity index (χ4n) is 3.22. The predicted molar refractivity (Wildman–Crippen MR) is 103 cm³/mol. The van der Waals surface area contributed by atoms with Gasteiger partial charge in [0, 0.05) is 43.9 Å². The lowest BCUT2D eigenvalue weighted by atomic mass is 10.0. The Hall–Kier alpha value is -1.17. The van der Waals surface area contributed by atoms with Gasteiger partial charge in [-0.05, 0) is 62.9 Å². The number of benzene rings is 1. The van der Waals surface area contributed by atoms with Crippen LogP contribution in [0.5, 0.6) is 0 Å². The van der Waals surface area contributed by atoms with Crippen molar-refractivity contribution >= 4 is 29.2 Å². The van der Waals surface area contributed by atoms with E-state index in [-0.39, 0.29) is 0 Å². The Morgan fingerprint density at radius 1 is 1.17 bits per heavy atom. The molecule has 130 valence electrons. The van der Waals surface area contributed by atoms with Crippen molar-refractivity contribution < 1.29 is 0 Å². The lowest BCUT2D eigenvalue weighted by molar-refractivity contribution is 0.339. The zero-order valence-corrected chi connectivity index (χ0v) is 16.4. The second-order valence-corrected chi connectivity index (χ2v) is 8.01. The zero-order valence-electron chi connectivity index (χ0n) is 14.8. The molecule has 0 spiro atoms. The van der Waals surface area contributed by atoms with Crippen LogP contribution in [-0.2, 0) is 7.05 Å². The quantitative estimate of drug-likeness (QED) is 0.755. The Bertz CT molecular complexity index is 690. The molecule has 2 heterocycles. The number of anilines is 1. The standard InChI is InChI=1S/C18H25ClN4S/c1-13-18(14(2)22(4)20-13)24-23-11-9-17(10-12-23)21(3)16-7-5-15(19)6-8-16/h5-8,17H,9-12H2,1-4H3. The largest absolute Gasteiger partial charge is 0.372 e. The van der Waals surface area contributed by atoms with Crippen LogP contribution in [-0.4, -0.2) is 40.3 Å². The summed E-state index contributed by atoms with van der Waals surface area (Å²) in [5.74, 6) is 0. The van der Waals surface area contributed by atoms with Crippen LogP contribution in [0.4, 0.5) is 5.69 Å². The van der Waals surface area contributed by atoms with Gasteiger partial charge >= 0.3 is 0 Å². The van der Waals surface area contributed by atoms with Gasteiger partial charge in [0.05, 0.1) is 16.3 Å². The number of aryl methyl sites for hydroxylation is 2. The molecule has 0 radical (unpaired) electrons. The molecule has 2 aromatic rings. The van der Waals surface area contributed by atoms with Crippen LogP contribution in [0.1, 0.15) is 24.2 Å². The van der Waals surface area contributed by atoms with Gasteiger partial charge in [-0.1, -0.05) is 11.6 Å². The molecule has 1 aromatic heterocycles. The molecule has 0 unspecified atom stereocenters. The van der Waals surface area contributed by atoms with Gasteiger partial charge in [0.15, 0.2) is 0 Å². The number of nitrogens with zero attached hydrogens (tertiary/aromatic N) is 4. The van der Waals surface area contributed by atoms with E-state index in [1.165, 1.54) is 29.1 Å². The van der Waals surface area contributed by atoms with Crippen molar-refractivity contribution in [2.75, 3.05) is 25.0 Å². The number of hydrogen-bond acceptors (Lipinski definition) is 4. The van der Waals surface area contributed by atoms with Gasteiger partial charge in [-0.2, -0.15) is 5.10 Å². The minimum atomic E-state index is 0.583. The average molecular weight is 365 g/mol. The SMILES string of the molecule is Cc1nn(C)c(C)c1SN1CCC(N(C)c2ccc(Cl)cc2)CC1. The second-order valence-electron chi connectivity index (χ2n) is 6.46. The topological polar surface area (TPSA) is 24.3 Å². The Balaban J connectivity index is 1.58. The second kappa shape index (κ2) is 7.38. The number of rotatable bonds is 4. The summed E-state index contributed by atoms with van der Waals surface area (Å²) < 4.78 is 4.45. The van der Waals surface area contributed by atoms with Gasteiger partial charge < -0.3 is 4.90 Å². The number of piperidine rings is 1. The lowest BCUT2D eigenvalue weighted by Gasteiger charge is -2.37. The van der Waals surface area contributed by atoms with E-state index >= 15 is 0 Å². The molecular formula is C18H25ClN4S. The Morgan fingerprint density at radius 2 is 1.79 bits per heavy atom. The lowest BCUT2D eigenvalue weighted by Crippen LogP contribution is -2.41. The monoisotopic (exact) mass is 364 g/mol. The molecule has 0 N–H and O–H groups in total. The summed E-state index contributed by atoms with van der Waals surface area (Å²) in [6.07, 6.45) is 2.34. The third-order valence-electron chi connectivity index (χ3n) is 4.87. The minimum Gasteiger partial charge on any atom is -0.372 e. The molecule has 1 fully saturated rings. The zero-order chi connectivity index (χ0) is 17.3. The molecule has 6 heteroatoms. The van der Waals surface area contributed by atoms with E-state index in [1.807, 2.05) is 35.8 Å². The van der Waals surface area contributed by atoms with Crippen LogP contribution in [0.25, 0.3) is 0 Å². The van der Waals surface area contributed by atoms with Crippen LogP contribution >= 0.6 is 23.5 Å². The summed E-state index contributed by atoms with van der Waals surface area (Å²) in [4.78, 5) is 3.70. The summed E-state index contributed by atoms with van der Waals surface area (Å²) in [5, 5.41) is 5.31. The van der Waals surface area contributed by atoms with Crippen LogP contribution in [0.3, 0.4) is 0 Å². The van der Waals surface area contributed by atoms with E-state index in [4.69, 9.17) is 11.6 Å². The highest BCUT2D eigenvalue weighted by Gasteiger charge is 2.24. The van der Waals surface area contributed by atoms with Gasteiger partial charge in [0.1, 0.15) is 0 Å². The summed E-state index contributed by atoms with van der Waals surface area (Å²) in [6, 6.07) is 8.72. The molecule has 3 rings (SSSR count). The van der Waals surface area contributed by atoms with Gasteiger partial charge in [0.2, 0.25) is 0 Å². The van der Waals surface area contributed by atoms with Crippen molar-refractivity contribution in [2.45, 2.75) is 37.6 Å². The molecular weight excluding hydrogens is 340 g/mol. The Morgan fingerprint density at radius 3 is 2.33 bits per heavy atom. The first-order chi connectivity index (χ1) is 11.5. The van der Waals surface area contributed by atoms with E-state index < -0.39 is 0 Å². The highest BCUT2D eigenvalue weighted by molar-refractivity contribution is 7.97. The van der Waals surface area contributed by atoms with Crippen LogP contribution in [0, 0.1) is 13.8 Å². The maximum Gasteiger partial charge on any atom is 0.0745 e. The maximum atomic E-state index is 5.99. The van der Waals surface area contributed by atoms with Crippen molar-refractivity contribution in [3.05, 3.63) is 40.7 Å². The Kier molecular flexibility index (Phi) is 5.42. The van der Waals surface area contributed by atoms with Gasteiger partial charge in [0.25, 0.3) is 0 Å². The maximum absolute atomic E-state index is 5.99. The summed E-state index contributed by atoms with van der Waals surface area (Å²) in [6.45, 7) is 6.43. The van der Waals surface area contributed by atoms with E-state index in [0.29, 0.717) is 6.04 Å². The highest BCUT2D eigenvalue weighted by Crippen LogP contribution is 2.32. The average Bonchev–Trinajstić information content (AvgIpc) is 2.82. The van der Waals surface area contributed by atoms with Crippen LogP contribution in [0.15, 0.2) is 29.2 Å². The molecule has 0 atom stereocenters. The summed E-state index contributed by atoms with van der Waals surface area (Å²) in [7, 11) is 4.20. The molecule has 1 aliphatic rings. The number of hydrogen-bond donors (Lipinski definition) is 0. The minimum absolute atomic E-state index is 0.583. The summed E-state index contributed by atoms with van der Waals surface area (Å²) in [5.41, 5.74) is 3.61. The van der Waals surface area contributed by atoms with Crippen molar-refractivity contribution in [2.24, 2.45) is 7.05 Å². The van der Waals surface area contributed by atoms with Crippen LogP contribution in [0.2, 0.25) is 5.02 Å². The van der Waals surface area contributed by atoms with Crippen molar-refractivity contribution in [1.82, 2.24) is 14.1 Å². The van der Waals surface area contributed by atoms with E-state index in [2.05, 4.69) is 47.3 Å². The molecule has 1 aromatic carbocycles. The molecule has 0 amide bonds. The number of aromatic nitrogens is 2. The van der Waals surface area contributed by atoms with Gasteiger partial charge in [-0.15, -0.1) is 0 Å². The molecule has 0 saturated carbocycles. The molecule has 24 heavy (non-hydrogen) atoms. The molecule has 4 nitrogen and oxygen atoms in total. The van der Waals surface area contributed by atoms with Crippen molar-refractivity contribution in [3.63, 3.8) is 0 Å². The molecule has 1 saturated heterocycles.